The molecule has 0 spiro atoms. The minimum absolute atomic E-state index is 0.119. The van der Waals surface area contributed by atoms with Gasteiger partial charge in [0.25, 0.3) is 5.56 Å². The Morgan fingerprint density at radius 3 is 2.36 bits per heavy atom. The van der Waals surface area contributed by atoms with Gasteiger partial charge in [0.15, 0.2) is 17.5 Å². The smallest absolute Gasteiger partial charge is 0.293 e. The first kappa shape index (κ1) is 14.6. The summed E-state index contributed by atoms with van der Waals surface area (Å²) in [6, 6.07) is 1.70. The first-order chi connectivity index (χ1) is 10.5. The molecule has 116 valence electrons. The number of nitrogens with one attached hydrogen (secondary N) is 1. The Balaban J connectivity index is 2.10. The van der Waals surface area contributed by atoms with Crippen molar-refractivity contribution in [2.75, 3.05) is 0 Å². The molecule has 0 saturated heterocycles. The van der Waals surface area contributed by atoms with Crippen molar-refractivity contribution < 1.29 is 13.2 Å². The molecule has 0 unspecified atom stereocenters. The molecule has 1 aliphatic rings. The van der Waals surface area contributed by atoms with Crippen molar-refractivity contribution in [2.45, 2.75) is 32.2 Å². The molecule has 1 aliphatic carbocycles. The van der Waals surface area contributed by atoms with Crippen molar-refractivity contribution in [3.63, 3.8) is 0 Å². The predicted octanol–water partition coefficient (Wildman–Crippen LogP) is 1.88. The van der Waals surface area contributed by atoms with Gasteiger partial charge in [-0.1, -0.05) is 0 Å². The summed E-state index contributed by atoms with van der Waals surface area (Å²) in [6.07, 6.45) is 2.81. The maximum absolute atomic E-state index is 13.3. The molecule has 0 atom stereocenters. The topological polar surface area (TPSA) is 54.9 Å². The first-order valence-corrected chi connectivity index (χ1v) is 6.95. The molecule has 0 radical (unpaired) electrons. The number of aromatic amines is 1. The molecular weight excluding hydrogens is 297 g/mol. The molecule has 3 rings (SSSR count). The molecule has 7 heteroatoms. The van der Waals surface area contributed by atoms with E-state index in [9.17, 15) is 22.8 Å². The van der Waals surface area contributed by atoms with Crippen molar-refractivity contribution in [1.29, 1.82) is 0 Å². The SMILES string of the molecule is O=c1[nH]c(=O)n(Cc2cc(F)c(F)c(F)c2)c2c1CCCC2. The number of fused-ring (bicyclic) bond motifs is 1. The van der Waals surface area contributed by atoms with Crippen LogP contribution in [-0.2, 0) is 19.4 Å². The van der Waals surface area contributed by atoms with Crippen LogP contribution in [0.2, 0.25) is 0 Å². The molecule has 2 aromatic rings. The van der Waals surface area contributed by atoms with Gasteiger partial charge in [-0.2, -0.15) is 0 Å². The van der Waals surface area contributed by atoms with Crippen LogP contribution in [0.5, 0.6) is 0 Å². The zero-order valence-electron chi connectivity index (χ0n) is 11.6. The van der Waals surface area contributed by atoms with Crippen LogP contribution in [0.15, 0.2) is 21.7 Å². The maximum Gasteiger partial charge on any atom is 0.328 e. The van der Waals surface area contributed by atoms with Gasteiger partial charge in [-0.05, 0) is 43.4 Å². The van der Waals surface area contributed by atoms with E-state index in [2.05, 4.69) is 4.98 Å². The number of halogens is 3. The third-order valence-corrected chi connectivity index (χ3v) is 3.89. The number of hydrogen-bond donors (Lipinski definition) is 1. The highest BCUT2D eigenvalue weighted by Crippen LogP contribution is 2.19. The molecule has 0 bridgehead atoms. The molecule has 0 aliphatic heterocycles. The van der Waals surface area contributed by atoms with Crippen LogP contribution in [0.25, 0.3) is 0 Å². The van der Waals surface area contributed by atoms with Crippen molar-refractivity contribution >= 4 is 0 Å². The van der Waals surface area contributed by atoms with E-state index in [-0.39, 0.29) is 12.1 Å². The summed E-state index contributed by atoms with van der Waals surface area (Å²) in [5.41, 5.74) is 0.209. The molecule has 1 N–H and O–H groups in total. The number of hydrogen-bond acceptors (Lipinski definition) is 2. The van der Waals surface area contributed by atoms with Crippen LogP contribution < -0.4 is 11.2 Å². The van der Waals surface area contributed by atoms with E-state index in [1.807, 2.05) is 0 Å². The lowest BCUT2D eigenvalue weighted by Gasteiger charge is -2.19. The van der Waals surface area contributed by atoms with E-state index < -0.39 is 28.7 Å². The summed E-state index contributed by atoms with van der Waals surface area (Å²) >= 11 is 0. The van der Waals surface area contributed by atoms with Crippen LogP contribution >= 0.6 is 0 Å². The highest BCUT2D eigenvalue weighted by atomic mass is 19.2. The Morgan fingerprint density at radius 2 is 1.68 bits per heavy atom. The van der Waals surface area contributed by atoms with Gasteiger partial charge >= 0.3 is 5.69 Å². The molecule has 4 nitrogen and oxygen atoms in total. The van der Waals surface area contributed by atoms with Crippen molar-refractivity contribution in [2.24, 2.45) is 0 Å². The van der Waals surface area contributed by atoms with E-state index in [0.29, 0.717) is 24.1 Å². The summed E-state index contributed by atoms with van der Waals surface area (Å²) in [5, 5.41) is 0. The van der Waals surface area contributed by atoms with Gasteiger partial charge in [-0.15, -0.1) is 0 Å². The van der Waals surface area contributed by atoms with Crippen LogP contribution in [0, 0.1) is 17.5 Å². The summed E-state index contributed by atoms with van der Waals surface area (Å²) < 4.78 is 40.9. The second-order valence-corrected chi connectivity index (χ2v) is 5.35. The van der Waals surface area contributed by atoms with E-state index in [1.165, 1.54) is 4.57 Å². The number of aromatic nitrogens is 2. The van der Waals surface area contributed by atoms with Crippen LogP contribution in [0.1, 0.15) is 29.7 Å². The number of rotatable bonds is 2. The third-order valence-electron chi connectivity index (χ3n) is 3.89. The largest absolute Gasteiger partial charge is 0.328 e. The highest BCUT2D eigenvalue weighted by Gasteiger charge is 2.19. The van der Waals surface area contributed by atoms with E-state index >= 15 is 0 Å². The molecule has 0 amide bonds. The molecule has 1 aromatic heterocycles. The lowest BCUT2D eigenvalue weighted by atomic mass is 9.96. The van der Waals surface area contributed by atoms with E-state index in [4.69, 9.17) is 0 Å². The number of nitrogens with zero attached hydrogens (tertiary/aromatic N) is 1. The van der Waals surface area contributed by atoms with Crippen LogP contribution in [0.4, 0.5) is 13.2 Å². The average molecular weight is 310 g/mol. The van der Waals surface area contributed by atoms with Crippen LogP contribution in [0.3, 0.4) is 0 Å². The predicted molar refractivity (Wildman–Crippen MR) is 73.4 cm³/mol. The third kappa shape index (κ3) is 2.47. The van der Waals surface area contributed by atoms with Gasteiger partial charge in [0, 0.05) is 11.3 Å². The van der Waals surface area contributed by atoms with Crippen LogP contribution in [-0.4, -0.2) is 9.55 Å². The van der Waals surface area contributed by atoms with E-state index in [0.717, 1.165) is 25.0 Å². The molecule has 0 fully saturated rings. The standard InChI is InChI=1S/C15H13F3N2O2/c16-10-5-8(6-11(17)13(10)18)7-20-12-4-2-1-3-9(12)14(21)19-15(20)22/h5-6H,1-4,7H2,(H,19,21,22). The van der Waals surface area contributed by atoms with Gasteiger partial charge in [-0.25, -0.2) is 18.0 Å². The average Bonchev–Trinajstić information content (AvgIpc) is 2.49. The summed E-state index contributed by atoms with van der Waals surface area (Å²) in [4.78, 5) is 26.0. The molecule has 1 heterocycles. The quantitative estimate of drug-likeness (QED) is 0.861. The fraction of sp³-hybridized carbons (Fsp3) is 0.333. The fourth-order valence-corrected chi connectivity index (χ4v) is 2.84. The van der Waals surface area contributed by atoms with Gasteiger partial charge in [0.2, 0.25) is 0 Å². The Hall–Kier alpha value is -2.31. The number of benzene rings is 1. The molecule has 1 aromatic carbocycles. The Bertz CT molecular complexity index is 832. The Labute approximate surface area is 123 Å². The van der Waals surface area contributed by atoms with Gasteiger partial charge in [0.1, 0.15) is 0 Å². The monoisotopic (exact) mass is 310 g/mol. The van der Waals surface area contributed by atoms with Crippen molar-refractivity contribution in [1.82, 2.24) is 9.55 Å². The second-order valence-electron chi connectivity index (χ2n) is 5.35. The lowest BCUT2D eigenvalue weighted by Crippen LogP contribution is -2.37. The molecule has 0 saturated carbocycles. The van der Waals surface area contributed by atoms with Gasteiger partial charge < -0.3 is 0 Å². The normalized spacial score (nSPS) is 14.0. The zero-order valence-corrected chi connectivity index (χ0v) is 11.6. The molecule has 22 heavy (non-hydrogen) atoms. The minimum Gasteiger partial charge on any atom is -0.293 e. The fourth-order valence-electron chi connectivity index (χ4n) is 2.84. The summed E-state index contributed by atoms with van der Waals surface area (Å²) in [5.74, 6) is -4.15. The minimum atomic E-state index is -1.54. The lowest BCUT2D eigenvalue weighted by molar-refractivity contribution is 0.444. The maximum atomic E-state index is 13.3. The summed E-state index contributed by atoms with van der Waals surface area (Å²) in [6.45, 7) is -0.119. The van der Waals surface area contributed by atoms with Gasteiger partial charge in [-0.3, -0.25) is 14.3 Å². The first-order valence-electron chi connectivity index (χ1n) is 6.95. The number of H-pyrrole nitrogens is 1. The van der Waals surface area contributed by atoms with Crippen molar-refractivity contribution in [3.05, 3.63) is 67.2 Å². The zero-order chi connectivity index (χ0) is 15.9. The Morgan fingerprint density at radius 1 is 1.05 bits per heavy atom. The van der Waals surface area contributed by atoms with E-state index in [1.54, 1.807) is 0 Å². The second kappa shape index (κ2) is 5.47. The summed E-state index contributed by atoms with van der Waals surface area (Å²) in [7, 11) is 0. The Kier molecular flexibility index (Phi) is 3.64. The van der Waals surface area contributed by atoms with Crippen molar-refractivity contribution in [3.8, 4) is 0 Å². The van der Waals surface area contributed by atoms with Gasteiger partial charge in [0.05, 0.1) is 6.54 Å². The molecular formula is C15H13F3N2O2. The highest BCUT2D eigenvalue weighted by molar-refractivity contribution is 5.24.